The number of likely N-dealkylation sites (N-methyl/N-ethyl adjacent to an activating group) is 1. The highest BCUT2D eigenvalue weighted by atomic mass is 16.5. The third kappa shape index (κ3) is 7.39. The summed E-state index contributed by atoms with van der Waals surface area (Å²) in [5, 5.41) is 14.7. The number of amides is 3. The summed E-state index contributed by atoms with van der Waals surface area (Å²) in [5.74, 6) is -0.0870. The molecule has 0 saturated carbocycles. The van der Waals surface area contributed by atoms with Crippen molar-refractivity contribution in [2.75, 3.05) is 45.1 Å². The summed E-state index contributed by atoms with van der Waals surface area (Å²) in [5.41, 5.74) is 2.92. The van der Waals surface area contributed by atoms with Crippen molar-refractivity contribution in [3.8, 4) is 17.2 Å². The molecule has 0 aliphatic carbocycles. The van der Waals surface area contributed by atoms with Crippen LogP contribution in [0.5, 0.6) is 17.2 Å². The minimum absolute atomic E-state index is 0.0880. The first-order valence-corrected chi connectivity index (χ1v) is 11.8. The zero-order chi connectivity index (χ0) is 27.7. The van der Waals surface area contributed by atoms with Gasteiger partial charge in [0, 0.05) is 12.7 Å². The molecule has 3 aromatic rings. The number of hydrogen-bond donors (Lipinski definition) is 3. The van der Waals surface area contributed by atoms with E-state index in [4.69, 9.17) is 19.3 Å². The van der Waals surface area contributed by atoms with Crippen molar-refractivity contribution in [2.45, 2.75) is 13.3 Å². The summed E-state index contributed by atoms with van der Waals surface area (Å²) >= 11 is 0. The fourth-order valence-electron chi connectivity index (χ4n) is 3.58. The van der Waals surface area contributed by atoms with E-state index in [2.05, 4.69) is 10.6 Å². The van der Waals surface area contributed by atoms with Gasteiger partial charge in [0.2, 0.25) is 5.91 Å². The highest BCUT2D eigenvalue weighted by Gasteiger charge is 2.15. The maximum atomic E-state index is 12.8. The van der Waals surface area contributed by atoms with Crippen LogP contribution in [0, 0.1) is 6.92 Å². The van der Waals surface area contributed by atoms with E-state index in [1.807, 2.05) is 31.2 Å². The average Bonchev–Trinajstić information content (AvgIpc) is 2.90. The minimum atomic E-state index is -1.06. The number of nitrogens with one attached hydrogen (secondary N) is 2. The molecule has 0 bridgehead atoms. The molecule has 0 heterocycles. The van der Waals surface area contributed by atoms with Gasteiger partial charge in [-0.1, -0.05) is 24.3 Å². The molecule has 0 aromatic heterocycles. The van der Waals surface area contributed by atoms with E-state index in [0.717, 1.165) is 11.1 Å². The van der Waals surface area contributed by atoms with Gasteiger partial charge in [-0.2, -0.15) is 0 Å². The zero-order valence-electron chi connectivity index (χ0n) is 21.7. The Labute approximate surface area is 221 Å². The third-order valence-corrected chi connectivity index (χ3v) is 5.78. The number of anilines is 2. The SMILES string of the molecule is COc1cc(CC(=O)N(C)CCOc2ccc(C(=O)O)cc2OC)ccc1NC(=O)Nc1ccccc1C. The van der Waals surface area contributed by atoms with Crippen LogP contribution >= 0.6 is 0 Å². The van der Waals surface area contributed by atoms with E-state index in [-0.39, 0.29) is 24.5 Å². The molecule has 0 aliphatic rings. The lowest BCUT2D eigenvalue weighted by Crippen LogP contribution is -2.32. The number of methoxy groups -OCH3 is 2. The van der Waals surface area contributed by atoms with Crippen LogP contribution in [-0.4, -0.2) is 62.3 Å². The highest BCUT2D eigenvalue weighted by Crippen LogP contribution is 2.28. The number of hydrogen-bond acceptors (Lipinski definition) is 6. The molecule has 0 unspecified atom stereocenters. The second kappa shape index (κ2) is 13.0. The molecule has 3 rings (SSSR count). The lowest BCUT2D eigenvalue weighted by molar-refractivity contribution is -0.129. The van der Waals surface area contributed by atoms with Gasteiger partial charge < -0.3 is 34.9 Å². The summed E-state index contributed by atoms with van der Waals surface area (Å²) in [6, 6.07) is 16.5. The smallest absolute Gasteiger partial charge is 0.335 e. The van der Waals surface area contributed by atoms with Gasteiger partial charge in [-0.3, -0.25) is 4.79 Å². The maximum Gasteiger partial charge on any atom is 0.335 e. The van der Waals surface area contributed by atoms with Crippen LogP contribution in [0.4, 0.5) is 16.2 Å². The largest absolute Gasteiger partial charge is 0.495 e. The Kier molecular flexibility index (Phi) is 9.53. The van der Waals surface area contributed by atoms with Crippen molar-refractivity contribution in [3.63, 3.8) is 0 Å². The number of carbonyl (C=O) groups excluding carboxylic acids is 2. The van der Waals surface area contributed by atoms with Crippen molar-refractivity contribution in [1.29, 1.82) is 0 Å². The van der Waals surface area contributed by atoms with Gasteiger partial charge in [0.25, 0.3) is 0 Å². The molecule has 0 atom stereocenters. The summed E-state index contributed by atoms with van der Waals surface area (Å²) in [6.07, 6.45) is 0.124. The van der Waals surface area contributed by atoms with Crippen molar-refractivity contribution in [1.82, 2.24) is 4.90 Å². The predicted molar refractivity (Wildman–Crippen MR) is 144 cm³/mol. The highest BCUT2D eigenvalue weighted by molar-refractivity contribution is 6.01. The Hall–Kier alpha value is -4.73. The molecule has 10 heteroatoms. The van der Waals surface area contributed by atoms with Crippen molar-refractivity contribution < 1.29 is 33.7 Å². The summed E-state index contributed by atoms with van der Waals surface area (Å²) in [6.45, 7) is 2.40. The van der Waals surface area contributed by atoms with E-state index in [1.165, 1.54) is 37.3 Å². The van der Waals surface area contributed by atoms with E-state index in [9.17, 15) is 14.4 Å². The monoisotopic (exact) mass is 521 g/mol. The lowest BCUT2D eigenvalue weighted by Gasteiger charge is -2.19. The van der Waals surface area contributed by atoms with Gasteiger partial charge in [-0.25, -0.2) is 9.59 Å². The number of urea groups is 1. The van der Waals surface area contributed by atoms with Gasteiger partial charge in [0.05, 0.1) is 38.4 Å². The van der Waals surface area contributed by atoms with Gasteiger partial charge in [-0.05, 0) is 54.4 Å². The number of carboxylic acid groups (broad SMARTS) is 1. The minimum Gasteiger partial charge on any atom is -0.495 e. The molecule has 200 valence electrons. The van der Waals surface area contributed by atoms with Crippen LogP contribution in [0.3, 0.4) is 0 Å². The number of carbonyl (C=O) groups is 3. The predicted octanol–water partition coefficient (Wildman–Crippen LogP) is 4.43. The molecule has 38 heavy (non-hydrogen) atoms. The number of aryl methyl sites for hydroxylation is 1. The Morgan fingerprint density at radius 3 is 2.26 bits per heavy atom. The molecule has 10 nitrogen and oxygen atoms in total. The summed E-state index contributed by atoms with van der Waals surface area (Å²) < 4.78 is 16.3. The van der Waals surface area contributed by atoms with Crippen LogP contribution in [0.1, 0.15) is 21.5 Å². The van der Waals surface area contributed by atoms with Crippen molar-refractivity contribution >= 4 is 29.3 Å². The van der Waals surface area contributed by atoms with Gasteiger partial charge in [0.1, 0.15) is 12.4 Å². The van der Waals surface area contributed by atoms with E-state index < -0.39 is 12.0 Å². The molecule has 3 aromatic carbocycles. The van der Waals surface area contributed by atoms with Crippen molar-refractivity contribution in [3.05, 3.63) is 77.4 Å². The van der Waals surface area contributed by atoms with E-state index >= 15 is 0 Å². The average molecular weight is 522 g/mol. The fourth-order valence-corrected chi connectivity index (χ4v) is 3.58. The molecular weight excluding hydrogens is 490 g/mol. The van der Waals surface area contributed by atoms with Crippen LogP contribution in [-0.2, 0) is 11.2 Å². The molecule has 0 radical (unpaired) electrons. The summed E-state index contributed by atoms with van der Waals surface area (Å²) in [7, 11) is 4.58. The second-order valence-corrected chi connectivity index (χ2v) is 8.44. The number of nitrogens with zero attached hydrogens (tertiary/aromatic N) is 1. The number of carboxylic acids is 1. The fraction of sp³-hybridized carbons (Fsp3) is 0.250. The molecule has 3 N–H and O–H groups in total. The second-order valence-electron chi connectivity index (χ2n) is 8.44. The van der Waals surface area contributed by atoms with Crippen LogP contribution in [0.15, 0.2) is 60.7 Å². The van der Waals surface area contributed by atoms with Crippen LogP contribution in [0.2, 0.25) is 0 Å². The number of rotatable bonds is 11. The molecular formula is C28H31N3O7. The van der Waals surface area contributed by atoms with Crippen LogP contribution < -0.4 is 24.8 Å². The molecule has 0 spiro atoms. The normalized spacial score (nSPS) is 10.3. The van der Waals surface area contributed by atoms with E-state index in [0.29, 0.717) is 35.2 Å². The van der Waals surface area contributed by atoms with Crippen molar-refractivity contribution in [2.24, 2.45) is 0 Å². The number of para-hydroxylation sites is 1. The molecule has 0 aliphatic heterocycles. The maximum absolute atomic E-state index is 12.8. The Balaban J connectivity index is 1.54. The Morgan fingerprint density at radius 2 is 1.58 bits per heavy atom. The molecule has 0 fully saturated rings. The van der Waals surface area contributed by atoms with Gasteiger partial charge in [-0.15, -0.1) is 0 Å². The summed E-state index contributed by atoms with van der Waals surface area (Å²) in [4.78, 5) is 37.9. The quantitative estimate of drug-likeness (QED) is 0.341. The Bertz CT molecular complexity index is 1310. The topological polar surface area (TPSA) is 126 Å². The first kappa shape index (κ1) is 27.9. The number of aromatic carboxylic acids is 1. The zero-order valence-corrected chi connectivity index (χ0v) is 21.7. The number of ether oxygens (including phenoxy) is 3. The number of benzene rings is 3. The van der Waals surface area contributed by atoms with Gasteiger partial charge in [0.15, 0.2) is 11.5 Å². The molecule has 3 amide bonds. The van der Waals surface area contributed by atoms with Gasteiger partial charge >= 0.3 is 12.0 Å². The Morgan fingerprint density at radius 1 is 0.868 bits per heavy atom. The third-order valence-electron chi connectivity index (χ3n) is 5.78. The van der Waals surface area contributed by atoms with Crippen LogP contribution in [0.25, 0.3) is 0 Å². The lowest BCUT2D eigenvalue weighted by atomic mass is 10.1. The molecule has 0 saturated heterocycles. The first-order valence-electron chi connectivity index (χ1n) is 11.8. The first-order chi connectivity index (χ1) is 18.2. The van der Waals surface area contributed by atoms with E-state index in [1.54, 1.807) is 25.2 Å². The standard InChI is InChI=1S/C28H31N3O7/c1-18-7-5-6-8-21(18)29-28(35)30-22-11-9-19(15-24(22)36-3)16-26(32)31(2)13-14-38-23-12-10-20(27(33)34)17-25(23)37-4/h5-12,15,17H,13-14,16H2,1-4H3,(H,33,34)(H2,29,30,35).